The van der Waals surface area contributed by atoms with Crippen LogP contribution in [0.2, 0.25) is 0 Å². The van der Waals surface area contributed by atoms with Gasteiger partial charge in [-0.25, -0.2) is 8.42 Å². The number of Topliss-reactive ketones (excluding diaryl/α,β-unsaturated/α-hetero) is 1. The van der Waals surface area contributed by atoms with Gasteiger partial charge in [0.1, 0.15) is 4.91 Å². The summed E-state index contributed by atoms with van der Waals surface area (Å²) in [7, 11) is -4.10. The monoisotopic (exact) mass is 393 g/mol. The van der Waals surface area contributed by atoms with Crippen LogP contribution in [0.5, 0.6) is 0 Å². The van der Waals surface area contributed by atoms with Crippen molar-refractivity contribution in [2.45, 2.75) is 4.90 Å². The number of benzene rings is 3. The highest BCUT2D eigenvalue weighted by atomic mass is 32.2. The molecule has 3 rings (SSSR count). The third kappa shape index (κ3) is 4.05. The summed E-state index contributed by atoms with van der Waals surface area (Å²) in [6, 6.07) is 21.1. The molecule has 0 aliphatic rings. The third-order valence-electron chi connectivity index (χ3n) is 4.00. The molecule has 0 radical (unpaired) electrons. The van der Waals surface area contributed by atoms with Gasteiger partial charge in [-0.05, 0) is 35.9 Å². The average molecular weight is 393 g/mol. The second-order valence-corrected chi connectivity index (χ2v) is 7.79. The zero-order valence-electron chi connectivity index (χ0n) is 14.6. The van der Waals surface area contributed by atoms with E-state index in [9.17, 15) is 23.3 Å². The first-order valence-electron chi connectivity index (χ1n) is 8.25. The molecule has 0 aliphatic carbocycles. The minimum Gasteiger partial charge on any atom is -0.288 e. The smallest absolute Gasteiger partial charge is 0.269 e. The summed E-state index contributed by atoms with van der Waals surface area (Å²) in [5.74, 6) is -0.734. The fourth-order valence-corrected chi connectivity index (χ4v) is 3.99. The number of carbonyl (C=O) groups excluding carboxylic acids is 1. The van der Waals surface area contributed by atoms with E-state index in [4.69, 9.17) is 0 Å². The molecule has 0 heterocycles. The van der Waals surface area contributed by atoms with Crippen molar-refractivity contribution in [2.75, 3.05) is 0 Å². The number of hydrogen-bond acceptors (Lipinski definition) is 5. The first-order valence-corrected chi connectivity index (χ1v) is 9.74. The summed E-state index contributed by atoms with van der Waals surface area (Å²) >= 11 is 0. The van der Waals surface area contributed by atoms with Crippen LogP contribution in [0.1, 0.15) is 15.9 Å². The van der Waals surface area contributed by atoms with E-state index >= 15 is 0 Å². The Hall–Kier alpha value is -3.58. The molecular weight excluding hydrogens is 378 g/mol. The van der Waals surface area contributed by atoms with E-state index in [2.05, 4.69) is 0 Å². The second kappa shape index (κ2) is 7.98. The molecule has 3 aromatic carbocycles. The zero-order chi connectivity index (χ0) is 20.1. The lowest BCUT2D eigenvalue weighted by Gasteiger charge is -2.09. The van der Waals surface area contributed by atoms with Gasteiger partial charge in [-0.3, -0.25) is 14.9 Å². The predicted octanol–water partition coefficient (Wildman–Crippen LogP) is 4.29. The highest BCUT2D eigenvalue weighted by molar-refractivity contribution is 7.96. The van der Waals surface area contributed by atoms with Gasteiger partial charge in [0.15, 0.2) is 0 Å². The van der Waals surface area contributed by atoms with Crippen LogP contribution in [0.25, 0.3) is 6.08 Å². The molecule has 0 aliphatic heterocycles. The number of carbonyl (C=O) groups is 1. The minimum absolute atomic E-state index is 0.00700. The lowest BCUT2D eigenvalue weighted by molar-refractivity contribution is -0.384. The van der Waals surface area contributed by atoms with Crippen LogP contribution in [-0.2, 0) is 9.84 Å². The summed E-state index contributed by atoms with van der Waals surface area (Å²) in [5.41, 5.74) is 0.413. The Morgan fingerprint density at radius 1 is 0.821 bits per heavy atom. The molecule has 7 heteroatoms. The standard InChI is InChI=1S/C21H15NO5S/c23-21(17-11-13-18(14-12-17)22(24)25)20(15-16-7-3-1-4-8-16)28(26,27)19-9-5-2-6-10-19/h1-15H/b20-15-. The zero-order valence-corrected chi connectivity index (χ0v) is 15.4. The van der Waals surface area contributed by atoms with E-state index in [1.54, 1.807) is 48.5 Å². The number of allylic oxidation sites excluding steroid dienone is 1. The van der Waals surface area contributed by atoms with Crippen molar-refractivity contribution in [1.82, 2.24) is 0 Å². The molecule has 0 saturated carbocycles. The summed E-state index contributed by atoms with van der Waals surface area (Å²) < 4.78 is 26.3. The van der Waals surface area contributed by atoms with Gasteiger partial charge >= 0.3 is 0 Å². The number of sulfone groups is 1. The number of rotatable bonds is 6. The van der Waals surface area contributed by atoms with Gasteiger partial charge in [0, 0.05) is 17.7 Å². The molecule has 0 bridgehead atoms. The van der Waals surface area contributed by atoms with E-state index in [1.807, 2.05) is 0 Å². The Labute approximate surface area is 161 Å². The molecule has 3 aromatic rings. The van der Waals surface area contributed by atoms with Crippen molar-refractivity contribution in [3.8, 4) is 0 Å². The maximum Gasteiger partial charge on any atom is 0.269 e. The van der Waals surface area contributed by atoms with Gasteiger partial charge in [-0.1, -0.05) is 48.5 Å². The number of hydrogen-bond donors (Lipinski definition) is 0. The molecule has 140 valence electrons. The molecular formula is C21H15NO5S. The number of nitrogens with zero attached hydrogens (tertiary/aromatic N) is 1. The quantitative estimate of drug-likeness (QED) is 0.269. The van der Waals surface area contributed by atoms with E-state index in [0.717, 1.165) is 0 Å². The molecule has 0 fully saturated rings. The molecule has 0 N–H and O–H groups in total. The van der Waals surface area contributed by atoms with Crippen LogP contribution >= 0.6 is 0 Å². The van der Waals surface area contributed by atoms with Crippen molar-refractivity contribution >= 4 is 27.4 Å². The van der Waals surface area contributed by atoms with Crippen LogP contribution in [0.15, 0.2) is 94.7 Å². The normalized spacial score (nSPS) is 11.8. The Balaban J connectivity index is 2.13. The fraction of sp³-hybridized carbons (Fsp3) is 0. The lowest BCUT2D eigenvalue weighted by Crippen LogP contribution is -2.14. The first-order chi connectivity index (χ1) is 13.4. The summed E-state index contributed by atoms with van der Waals surface area (Å²) in [6.45, 7) is 0. The number of ketones is 1. The number of nitro groups is 1. The summed E-state index contributed by atoms with van der Waals surface area (Å²) in [5, 5.41) is 10.8. The summed E-state index contributed by atoms with van der Waals surface area (Å²) in [6.07, 6.45) is 1.31. The van der Waals surface area contributed by atoms with Crippen LogP contribution in [0, 0.1) is 10.1 Å². The molecule has 28 heavy (non-hydrogen) atoms. The van der Waals surface area contributed by atoms with Gasteiger partial charge in [-0.15, -0.1) is 0 Å². The highest BCUT2D eigenvalue weighted by Crippen LogP contribution is 2.26. The summed E-state index contributed by atoms with van der Waals surface area (Å²) in [4.78, 5) is 22.8. The number of non-ortho nitro benzene ring substituents is 1. The van der Waals surface area contributed by atoms with Crippen LogP contribution < -0.4 is 0 Å². The van der Waals surface area contributed by atoms with E-state index in [-0.39, 0.29) is 16.1 Å². The van der Waals surface area contributed by atoms with Crippen LogP contribution in [0.4, 0.5) is 5.69 Å². The van der Waals surface area contributed by atoms with Crippen LogP contribution in [0.3, 0.4) is 0 Å². The van der Waals surface area contributed by atoms with Crippen molar-refractivity contribution < 1.29 is 18.1 Å². The molecule has 0 atom stereocenters. The molecule has 0 spiro atoms. The molecule has 0 amide bonds. The Kier molecular flexibility index (Phi) is 5.47. The Morgan fingerprint density at radius 3 is 1.89 bits per heavy atom. The maximum absolute atomic E-state index is 13.1. The van der Waals surface area contributed by atoms with Crippen LogP contribution in [-0.4, -0.2) is 19.1 Å². The molecule has 0 saturated heterocycles. The van der Waals surface area contributed by atoms with Crippen molar-refractivity contribution in [2.24, 2.45) is 0 Å². The van der Waals surface area contributed by atoms with E-state index in [0.29, 0.717) is 5.56 Å². The second-order valence-electron chi connectivity index (χ2n) is 5.87. The lowest BCUT2D eigenvalue weighted by atomic mass is 10.1. The van der Waals surface area contributed by atoms with Crippen molar-refractivity contribution in [3.05, 3.63) is 111 Å². The average Bonchev–Trinajstić information content (AvgIpc) is 2.73. The SMILES string of the molecule is O=C(/C(=C/c1ccccc1)S(=O)(=O)c1ccccc1)c1ccc([N+](=O)[O-])cc1. The van der Waals surface area contributed by atoms with Gasteiger partial charge in [0.05, 0.1) is 9.82 Å². The number of nitro benzene ring substituents is 1. The van der Waals surface area contributed by atoms with Gasteiger partial charge in [-0.2, -0.15) is 0 Å². The Bertz CT molecular complexity index is 1140. The van der Waals surface area contributed by atoms with Gasteiger partial charge in [0.2, 0.25) is 15.6 Å². The first kappa shape index (κ1) is 19.2. The molecule has 0 aromatic heterocycles. The van der Waals surface area contributed by atoms with Crippen molar-refractivity contribution in [3.63, 3.8) is 0 Å². The van der Waals surface area contributed by atoms with E-state index < -0.39 is 25.4 Å². The van der Waals surface area contributed by atoms with E-state index in [1.165, 1.54) is 42.5 Å². The highest BCUT2D eigenvalue weighted by Gasteiger charge is 2.28. The predicted molar refractivity (Wildman–Crippen MR) is 105 cm³/mol. The Morgan fingerprint density at radius 2 is 1.36 bits per heavy atom. The molecule has 0 unspecified atom stereocenters. The maximum atomic E-state index is 13.1. The minimum atomic E-state index is -4.10. The largest absolute Gasteiger partial charge is 0.288 e. The van der Waals surface area contributed by atoms with Crippen molar-refractivity contribution in [1.29, 1.82) is 0 Å². The third-order valence-corrected chi connectivity index (χ3v) is 5.78. The topological polar surface area (TPSA) is 94.3 Å². The molecule has 6 nitrogen and oxygen atoms in total. The fourth-order valence-electron chi connectivity index (χ4n) is 2.57. The van der Waals surface area contributed by atoms with Gasteiger partial charge in [0.25, 0.3) is 5.69 Å². The van der Waals surface area contributed by atoms with Gasteiger partial charge < -0.3 is 0 Å².